The van der Waals surface area contributed by atoms with Crippen molar-refractivity contribution in [2.24, 2.45) is 5.73 Å². The quantitative estimate of drug-likeness (QED) is 0.516. The van der Waals surface area contributed by atoms with Crippen molar-refractivity contribution in [2.75, 3.05) is 6.61 Å². The molecule has 31 heavy (non-hydrogen) atoms. The molecule has 1 fully saturated rings. The number of carbonyl (C=O) groups is 4. The molecule has 0 bridgehead atoms. The molecule has 1 aliphatic heterocycles. The van der Waals surface area contributed by atoms with E-state index in [1.165, 1.54) is 31.2 Å². The zero-order valence-electron chi connectivity index (χ0n) is 16.6. The highest BCUT2D eigenvalue weighted by molar-refractivity contribution is 5.91. The van der Waals surface area contributed by atoms with E-state index in [9.17, 15) is 19.2 Å². The molecular formula is C22H21NO8. The molecule has 2 aromatic rings. The number of carbonyl (C=O) groups excluding carboxylic acids is 4. The van der Waals surface area contributed by atoms with Crippen molar-refractivity contribution in [3.63, 3.8) is 0 Å². The highest BCUT2D eigenvalue weighted by atomic mass is 16.7. The van der Waals surface area contributed by atoms with Crippen LogP contribution in [-0.2, 0) is 28.5 Å². The number of hydrogen-bond donors (Lipinski definition) is 1. The summed E-state index contributed by atoms with van der Waals surface area (Å²) in [6, 6.07) is 16.2. The Labute approximate surface area is 178 Å². The van der Waals surface area contributed by atoms with Gasteiger partial charge in [0.1, 0.15) is 12.7 Å². The Kier molecular flexibility index (Phi) is 6.99. The maximum atomic E-state index is 12.6. The van der Waals surface area contributed by atoms with Crippen LogP contribution in [0.4, 0.5) is 0 Å². The zero-order chi connectivity index (χ0) is 22.4. The number of amides is 1. The van der Waals surface area contributed by atoms with Gasteiger partial charge in [0, 0.05) is 6.92 Å². The van der Waals surface area contributed by atoms with Crippen LogP contribution in [0.25, 0.3) is 0 Å². The van der Waals surface area contributed by atoms with Gasteiger partial charge in [-0.3, -0.25) is 9.59 Å². The number of hydrogen-bond acceptors (Lipinski definition) is 8. The van der Waals surface area contributed by atoms with Gasteiger partial charge in [0.15, 0.2) is 18.3 Å². The van der Waals surface area contributed by atoms with E-state index >= 15 is 0 Å². The fourth-order valence-corrected chi connectivity index (χ4v) is 3.09. The second kappa shape index (κ2) is 9.86. The highest BCUT2D eigenvalue weighted by Crippen LogP contribution is 2.29. The number of benzene rings is 2. The summed E-state index contributed by atoms with van der Waals surface area (Å²) in [6.45, 7) is 0.865. The van der Waals surface area contributed by atoms with E-state index in [4.69, 9.17) is 24.7 Å². The van der Waals surface area contributed by atoms with Crippen molar-refractivity contribution in [1.29, 1.82) is 0 Å². The summed E-state index contributed by atoms with van der Waals surface area (Å²) >= 11 is 0. The van der Waals surface area contributed by atoms with Gasteiger partial charge in [-0.05, 0) is 24.3 Å². The van der Waals surface area contributed by atoms with Crippen molar-refractivity contribution in [3.8, 4) is 0 Å². The Hall–Kier alpha value is -3.72. The maximum Gasteiger partial charge on any atom is 0.338 e. The lowest BCUT2D eigenvalue weighted by Gasteiger charge is -2.23. The molecule has 1 amide bonds. The summed E-state index contributed by atoms with van der Waals surface area (Å²) in [4.78, 5) is 48.4. The predicted octanol–water partition coefficient (Wildman–Crippen LogP) is 1.25. The molecular weight excluding hydrogens is 406 g/mol. The first kappa shape index (κ1) is 22.0. The SMILES string of the molecule is CC(=O)OC[C@H]1O[C@@H](C(N)=O)[C@H](OC(=O)c2ccccc2)[C@@H]1OC(=O)c1ccccc1. The van der Waals surface area contributed by atoms with Crippen LogP contribution in [-0.4, -0.2) is 54.8 Å². The lowest BCUT2D eigenvalue weighted by atomic mass is 10.1. The van der Waals surface area contributed by atoms with E-state index in [1.54, 1.807) is 36.4 Å². The molecule has 0 radical (unpaired) electrons. The van der Waals surface area contributed by atoms with Crippen molar-refractivity contribution in [1.82, 2.24) is 0 Å². The lowest BCUT2D eigenvalue weighted by molar-refractivity contribution is -0.147. The normalized spacial score (nSPS) is 22.4. The molecule has 1 saturated heterocycles. The van der Waals surface area contributed by atoms with Gasteiger partial charge in [0.25, 0.3) is 5.91 Å². The van der Waals surface area contributed by atoms with Crippen LogP contribution >= 0.6 is 0 Å². The molecule has 3 rings (SSSR count). The maximum absolute atomic E-state index is 12.6. The van der Waals surface area contributed by atoms with Crippen molar-refractivity contribution in [3.05, 3.63) is 71.8 Å². The molecule has 1 aliphatic rings. The smallest absolute Gasteiger partial charge is 0.338 e. The Balaban J connectivity index is 1.87. The van der Waals surface area contributed by atoms with Gasteiger partial charge in [0.2, 0.25) is 0 Å². The molecule has 2 N–H and O–H groups in total. The third kappa shape index (κ3) is 5.46. The molecule has 4 atom stereocenters. The number of nitrogens with two attached hydrogens (primary N) is 1. The summed E-state index contributed by atoms with van der Waals surface area (Å²) in [6.07, 6.45) is -5.04. The molecule has 162 valence electrons. The third-order valence-electron chi connectivity index (χ3n) is 4.55. The standard InChI is InChI=1S/C22H21NO8/c1-13(24)28-12-16-17(30-21(26)14-8-4-2-5-9-14)18(19(29-16)20(23)25)31-22(27)15-10-6-3-7-11-15/h2-11,16-19H,12H2,1H3,(H2,23,25)/t16-,17-,18-,19-/m1/s1. The van der Waals surface area contributed by atoms with Gasteiger partial charge >= 0.3 is 17.9 Å². The van der Waals surface area contributed by atoms with Gasteiger partial charge in [-0.1, -0.05) is 36.4 Å². The van der Waals surface area contributed by atoms with E-state index in [0.29, 0.717) is 0 Å². The first-order chi connectivity index (χ1) is 14.9. The average molecular weight is 427 g/mol. The number of primary amides is 1. The molecule has 2 aromatic carbocycles. The highest BCUT2D eigenvalue weighted by Gasteiger charge is 2.52. The van der Waals surface area contributed by atoms with Gasteiger partial charge < -0.3 is 24.7 Å². The molecule has 9 nitrogen and oxygen atoms in total. The summed E-state index contributed by atoms with van der Waals surface area (Å²) in [7, 11) is 0. The van der Waals surface area contributed by atoms with Crippen LogP contribution in [0.1, 0.15) is 27.6 Å². The molecule has 9 heteroatoms. The molecule has 1 heterocycles. The van der Waals surface area contributed by atoms with Crippen LogP contribution in [0.5, 0.6) is 0 Å². The Morgan fingerprint density at radius 3 is 1.77 bits per heavy atom. The van der Waals surface area contributed by atoms with Gasteiger partial charge in [-0.15, -0.1) is 0 Å². The molecule has 0 aromatic heterocycles. The van der Waals surface area contributed by atoms with Crippen LogP contribution < -0.4 is 5.73 Å². The number of esters is 3. The van der Waals surface area contributed by atoms with Crippen LogP contribution in [0.3, 0.4) is 0 Å². The second-order valence-electron chi connectivity index (χ2n) is 6.77. The van der Waals surface area contributed by atoms with E-state index in [0.717, 1.165) is 0 Å². The first-order valence-electron chi connectivity index (χ1n) is 9.47. The third-order valence-corrected chi connectivity index (χ3v) is 4.55. The Morgan fingerprint density at radius 1 is 0.839 bits per heavy atom. The summed E-state index contributed by atoms with van der Waals surface area (Å²) in [5.41, 5.74) is 5.89. The molecule has 0 spiro atoms. The van der Waals surface area contributed by atoms with Crippen molar-refractivity contribution < 1.29 is 38.1 Å². The fraction of sp³-hybridized carbons (Fsp3) is 0.273. The van der Waals surface area contributed by atoms with Gasteiger partial charge in [0.05, 0.1) is 11.1 Å². The van der Waals surface area contributed by atoms with Crippen LogP contribution in [0.15, 0.2) is 60.7 Å². The van der Waals surface area contributed by atoms with Crippen molar-refractivity contribution >= 4 is 23.8 Å². The summed E-state index contributed by atoms with van der Waals surface area (Å²) in [5, 5.41) is 0. The van der Waals surface area contributed by atoms with Crippen LogP contribution in [0, 0.1) is 0 Å². The predicted molar refractivity (Wildman–Crippen MR) is 106 cm³/mol. The topological polar surface area (TPSA) is 131 Å². The van der Waals surface area contributed by atoms with Gasteiger partial charge in [-0.25, -0.2) is 9.59 Å². The monoisotopic (exact) mass is 427 g/mol. The molecule has 0 unspecified atom stereocenters. The van der Waals surface area contributed by atoms with Gasteiger partial charge in [-0.2, -0.15) is 0 Å². The fourth-order valence-electron chi connectivity index (χ4n) is 3.09. The van der Waals surface area contributed by atoms with E-state index < -0.39 is 48.2 Å². The van der Waals surface area contributed by atoms with E-state index in [-0.39, 0.29) is 17.7 Å². The Bertz CT molecular complexity index is 946. The van der Waals surface area contributed by atoms with E-state index in [1.807, 2.05) is 0 Å². The first-order valence-corrected chi connectivity index (χ1v) is 9.47. The second-order valence-corrected chi connectivity index (χ2v) is 6.77. The molecule has 0 saturated carbocycles. The number of ether oxygens (including phenoxy) is 4. The average Bonchev–Trinajstić information content (AvgIpc) is 3.10. The molecule has 0 aliphatic carbocycles. The lowest BCUT2D eigenvalue weighted by Crippen LogP contribution is -2.45. The summed E-state index contributed by atoms with van der Waals surface area (Å²) in [5.74, 6) is -3.00. The minimum absolute atomic E-state index is 0.224. The minimum Gasteiger partial charge on any atom is -0.463 e. The summed E-state index contributed by atoms with van der Waals surface area (Å²) < 4.78 is 21.5. The largest absolute Gasteiger partial charge is 0.463 e. The van der Waals surface area contributed by atoms with Crippen LogP contribution in [0.2, 0.25) is 0 Å². The number of rotatable bonds is 7. The Morgan fingerprint density at radius 2 is 1.32 bits per heavy atom. The zero-order valence-corrected chi connectivity index (χ0v) is 16.6. The van der Waals surface area contributed by atoms with E-state index in [2.05, 4.69) is 0 Å². The minimum atomic E-state index is -1.40. The van der Waals surface area contributed by atoms with Crippen molar-refractivity contribution in [2.45, 2.75) is 31.3 Å².